The predicted molar refractivity (Wildman–Crippen MR) is 143 cm³/mol. The van der Waals surface area contributed by atoms with E-state index < -0.39 is 11.4 Å². The van der Waals surface area contributed by atoms with Crippen molar-refractivity contribution in [1.82, 2.24) is 0 Å². The van der Waals surface area contributed by atoms with Crippen molar-refractivity contribution in [3.05, 3.63) is 51.6 Å². The molecule has 1 saturated carbocycles. The van der Waals surface area contributed by atoms with Gasteiger partial charge in [0.2, 0.25) is 11.8 Å². The normalized spacial score (nSPS) is 27.3. The predicted octanol–water partition coefficient (Wildman–Crippen LogP) is 5.12. The van der Waals surface area contributed by atoms with E-state index in [9.17, 15) is 9.59 Å². The summed E-state index contributed by atoms with van der Waals surface area (Å²) in [6, 6.07) is 4.17. The Labute approximate surface area is 224 Å². The molecular weight excluding hydrogens is 480 g/mol. The van der Waals surface area contributed by atoms with E-state index >= 15 is 4.79 Å². The van der Waals surface area contributed by atoms with Crippen molar-refractivity contribution < 1.29 is 23.9 Å². The molecule has 38 heavy (non-hydrogen) atoms. The molecule has 0 aromatic heterocycles. The van der Waals surface area contributed by atoms with Gasteiger partial charge in [-0.1, -0.05) is 57.2 Å². The van der Waals surface area contributed by atoms with Crippen LogP contribution >= 0.6 is 0 Å². The van der Waals surface area contributed by atoms with Crippen molar-refractivity contribution in [3.63, 3.8) is 0 Å². The number of hydrogen-bond acceptors (Lipinski definition) is 6. The van der Waals surface area contributed by atoms with Gasteiger partial charge in [0, 0.05) is 23.9 Å². The molecule has 7 heteroatoms. The number of nitrogens with two attached hydrogens (primary N) is 1. The average molecular weight is 519 g/mol. The Morgan fingerprint density at radius 3 is 2.42 bits per heavy atom. The summed E-state index contributed by atoms with van der Waals surface area (Å²) in [4.78, 5) is 44.8. The van der Waals surface area contributed by atoms with Crippen molar-refractivity contribution >= 4 is 23.3 Å². The second-order valence-electron chi connectivity index (χ2n) is 12.4. The molecule has 1 amide bonds. The monoisotopic (exact) mass is 518 g/mol. The number of hydrogen-bond donors (Lipinski definition) is 1. The summed E-state index contributed by atoms with van der Waals surface area (Å²) in [5.41, 5.74) is 8.14. The summed E-state index contributed by atoms with van der Waals surface area (Å²) >= 11 is 0. The number of ether oxygens (including phenoxy) is 2. The SMILES string of the molecule is CCOC(=O)C1=C(N)OC2=C(C(=O)CCC2)[C@]12C(=O)N1c3c(cc(C)cc32)C(C)(C)CC12CCCCCC2. The zero-order chi connectivity index (χ0) is 27.0. The van der Waals surface area contributed by atoms with E-state index in [2.05, 4.69) is 19.9 Å². The zero-order valence-electron chi connectivity index (χ0n) is 23.0. The number of benzene rings is 1. The van der Waals surface area contributed by atoms with E-state index in [0.717, 1.165) is 61.8 Å². The Bertz CT molecular complexity index is 1330. The first kappa shape index (κ1) is 25.2. The molecule has 0 radical (unpaired) electrons. The van der Waals surface area contributed by atoms with Crippen LogP contribution in [-0.4, -0.2) is 29.8 Å². The molecule has 5 aliphatic rings. The Hall–Kier alpha value is -3.09. The van der Waals surface area contributed by atoms with Crippen molar-refractivity contribution in [2.24, 2.45) is 5.73 Å². The lowest BCUT2D eigenvalue weighted by atomic mass is 9.63. The summed E-state index contributed by atoms with van der Waals surface area (Å²) in [6.45, 7) is 8.37. The fourth-order valence-electron chi connectivity index (χ4n) is 8.21. The molecule has 3 heterocycles. The van der Waals surface area contributed by atoms with E-state index in [0.29, 0.717) is 30.6 Å². The number of carbonyl (C=O) groups excluding carboxylic acids is 3. The molecule has 2 spiro atoms. The second-order valence-corrected chi connectivity index (χ2v) is 12.4. The molecule has 0 bridgehead atoms. The Morgan fingerprint density at radius 2 is 1.74 bits per heavy atom. The first-order valence-corrected chi connectivity index (χ1v) is 14.2. The average Bonchev–Trinajstić information content (AvgIpc) is 2.97. The van der Waals surface area contributed by atoms with Gasteiger partial charge in [-0.15, -0.1) is 0 Å². The molecule has 7 nitrogen and oxygen atoms in total. The van der Waals surface area contributed by atoms with E-state index in [4.69, 9.17) is 15.2 Å². The number of fused-ring (bicyclic) bond motifs is 3. The van der Waals surface area contributed by atoms with Gasteiger partial charge in [-0.2, -0.15) is 0 Å². The minimum Gasteiger partial charge on any atom is -0.462 e. The minimum atomic E-state index is -1.66. The van der Waals surface area contributed by atoms with Crippen LogP contribution in [0, 0.1) is 6.92 Å². The van der Waals surface area contributed by atoms with Gasteiger partial charge in [0.1, 0.15) is 16.7 Å². The van der Waals surface area contributed by atoms with E-state index in [1.807, 2.05) is 17.9 Å². The van der Waals surface area contributed by atoms with Crippen LogP contribution in [0.1, 0.15) is 102 Å². The van der Waals surface area contributed by atoms with Gasteiger partial charge in [-0.25, -0.2) is 4.79 Å². The third kappa shape index (κ3) is 3.16. The number of ketones is 1. The number of rotatable bonds is 2. The summed E-state index contributed by atoms with van der Waals surface area (Å²) in [7, 11) is 0. The van der Waals surface area contributed by atoms with Gasteiger partial charge in [0.05, 0.1) is 17.9 Å². The Kier molecular flexibility index (Phi) is 5.61. The first-order valence-electron chi connectivity index (χ1n) is 14.2. The topological polar surface area (TPSA) is 98.9 Å². The lowest BCUT2D eigenvalue weighted by Crippen LogP contribution is -2.60. The standard InChI is InChI=1S/C31H38N2O5/c1-5-37-27(35)24-26(32)38-22-12-10-11-21(34)23(22)31(24)20-16-18(2)15-19-25(20)33(28(31)36)30(17-29(19,3)4)13-8-6-7-9-14-30/h15-16H,5-14,17,32H2,1-4H3/t31-/m0/s1. The van der Waals surface area contributed by atoms with Crippen LogP contribution in [0.2, 0.25) is 0 Å². The van der Waals surface area contributed by atoms with Gasteiger partial charge in [-0.05, 0) is 50.5 Å². The fourth-order valence-corrected chi connectivity index (χ4v) is 8.21. The highest BCUT2D eigenvalue weighted by Crippen LogP contribution is 2.64. The van der Waals surface area contributed by atoms with Crippen LogP contribution in [-0.2, 0) is 34.7 Å². The van der Waals surface area contributed by atoms with Crippen molar-refractivity contribution in [1.29, 1.82) is 0 Å². The molecule has 0 saturated heterocycles. The number of carbonyl (C=O) groups is 3. The van der Waals surface area contributed by atoms with Gasteiger partial charge < -0.3 is 20.1 Å². The van der Waals surface area contributed by atoms with Crippen molar-refractivity contribution in [2.45, 2.75) is 108 Å². The molecule has 0 unspecified atom stereocenters. The largest absolute Gasteiger partial charge is 0.462 e. The van der Waals surface area contributed by atoms with Gasteiger partial charge in [-0.3, -0.25) is 9.59 Å². The lowest BCUT2D eigenvalue weighted by Gasteiger charge is -2.52. The number of allylic oxidation sites excluding steroid dienone is 1. The van der Waals surface area contributed by atoms with Crippen LogP contribution in [0.4, 0.5) is 5.69 Å². The number of anilines is 1. The second kappa shape index (κ2) is 8.45. The van der Waals surface area contributed by atoms with Crippen molar-refractivity contribution in [3.8, 4) is 0 Å². The molecule has 1 aromatic rings. The molecule has 1 atom stereocenters. The molecule has 1 fully saturated rings. The van der Waals surface area contributed by atoms with E-state index in [-0.39, 0.29) is 46.3 Å². The summed E-state index contributed by atoms with van der Waals surface area (Å²) in [5, 5.41) is 0. The highest BCUT2D eigenvalue weighted by Gasteiger charge is 2.68. The first-order chi connectivity index (χ1) is 18.1. The van der Waals surface area contributed by atoms with Crippen molar-refractivity contribution in [2.75, 3.05) is 11.5 Å². The van der Waals surface area contributed by atoms with Gasteiger partial charge >= 0.3 is 5.97 Å². The third-order valence-electron chi connectivity index (χ3n) is 9.49. The number of aryl methyl sites for hydroxylation is 1. The summed E-state index contributed by atoms with van der Waals surface area (Å²) < 4.78 is 11.5. The van der Waals surface area contributed by atoms with Crippen LogP contribution in [0.15, 0.2) is 34.9 Å². The minimum absolute atomic E-state index is 0.0397. The smallest absolute Gasteiger partial charge is 0.341 e. The maximum atomic E-state index is 15.3. The number of nitrogens with zero attached hydrogens (tertiary/aromatic N) is 1. The Morgan fingerprint density at radius 1 is 1.05 bits per heavy atom. The third-order valence-corrected chi connectivity index (χ3v) is 9.49. The zero-order valence-corrected chi connectivity index (χ0v) is 23.0. The molecule has 1 aromatic carbocycles. The molecular formula is C31H38N2O5. The molecule has 2 aliphatic carbocycles. The molecule has 202 valence electrons. The fraction of sp³-hybridized carbons (Fsp3) is 0.581. The van der Waals surface area contributed by atoms with E-state index in [1.165, 1.54) is 0 Å². The van der Waals surface area contributed by atoms with Crippen LogP contribution in [0.25, 0.3) is 0 Å². The lowest BCUT2D eigenvalue weighted by molar-refractivity contribution is -0.141. The van der Waals surface area contributed by atoms with Crippen LogP contribution in [0.5, 0.6) is 0 Å². The van der Waals surface area contributed by atoms with Gasteiger partial charge in [0.15, 0.2) is 5.78 Å². The Balaban J connectivity index is 1.74. The summed E-state index contributed by atoms with van der Waals surface area (Å²) in [6.07, 6.45) is 8.43. The number of Topliss-reactive ketones (excluding diaryl/α,β-unsaturated/α-hetero) is 1. The van der Waals surface area contributed by atoms with Gasteiger partial charge in [0.25, 0.3) is 0 Å². The van der Waals surface area contributed by atoms with E-state index in [1.54, 1.807) is 6.92 Å². The number of esters is 1. The maximum absolute atomic E-state index is 15.3. The maximum Gasteiger partial charge on any atom is 0.341 e. The number of amides is 1. The summed E-state index contributed by atoms with van der Waals surface area (Å²) in [5.74, 6) is -0.807. The quantitative estimate of drug-likeness (QED) is 0.546. The molecule has 2 N–H and O–H groups in total. The van der Waals surface area contributed by atoms with Crippen LogP contribution < -0.4 is 10.6 Å². The highest BCUT2D eigenvalue weighted by atomic mass is 16.5. The molecule has 6 rings (SSSR count). The molecule has 3 aliphatic heterocycles. The highest BCUT2D eigenvalue weighted by molar-refractivity contribution is 6.24. The van der Waals surface area contributed by atoms with Crippen LogP contribution in [0.3, 0.4) is 0 Å².